The fraction of sp³-hybridized carbons (Fsp3) is 0. The highest BCUT2D eigenvalue weighted by Crippen LogP contribution is 2.37. The molecule has 0 amide bonds. The summed E-state index contributed by atoms with van der Waals surface area (Å²) < 4.78 is 27.2. The maximum absolute atomic E-state index is 13.7. The lowest BCUT2D eigenvalue weighted by Crippen LogP contribution is -1.99. The Labute approximate surface area is 109 Å². The molecule has 0 aliphatic carbocycles. The molecule has 0 fully saturated rings. The summed E-state index contributed by atoms with van der Waals surface area (Å²) in [6.45, 7) is 0. The largest absolute Gasteiger partial charge is 0.312 e. The van der Waals surface area contributed by atoms with Gasteiger partial charge in [-0.3, -0.25) is 10.1 Å². The zero-order valence-electron chi connectivity index (χ0n) is 8.73. The van der Waals surface area contributed by atoms with Gasteiger partial charge in [0.15, 0.2) is 10.4 Å². The van der Waals surface area contributed by atoms with E-state index in [1.54, 1.807) is 0 Å². The van der Waals surface area contributed by atoms with E-state index in [4.69, 9.17) is 0 Å². The van der Waals surface area contributed by atoms with Gasteiger partial charge in [0.25, 0.3) is 0 Å². The van der Waals surface area contributed by atoms with Gasteiger partial charge in [-0.05, 0) is 22.0 Å². The maximum atomic E-state index is 13.7. The third-order valence-corrected chi connectivity index (χ3v) is 2.87. The Hall–Kier alpha value is -1.89. The number of halogens is 3. The molecule has 0 atom stereocenters. The summed E-state index contributed by atoms with van der Waals surface area (Å²) >= 11 is 2.86. The Kier molecular flexibility index (Phi) is 3.33. The van der Waals surface area contributed by atoms with Crippen molar-refractivity contribution in [1.29, 1.82) is 0 Å². The third kappa shape index (κ3) is 2.08. The van der Waals surface area contributed by atoms with Crippen LogP contribution in [0.1, 0.15) is 0 Å². The molecule has 0 saturated heterocycles. The Morgan fingerprint density at radius 1 is 1.22 bits per heavy atom. The Morgan fingerprint density at radius 2 is 1.89 bits per heavy atom. The second-order valence-electron chi connectivity index (χ2n) is 3.36. The molecule has 2 rings (SSSR count). The minimum atomic E-state index is -0.949. The molecule has 92 valence electrons. The predicted octanol–water partition coefficient (Wildman–Crippen LogP) is 3.70. The zero-order chi connectivity index (χ0) is 13.3. The van der Waals surface area contributed by atoms with Crippen molar-refractivity contribution in [3.8, 4) is 11.1 Å². The van der Waals surface area contributed by atoms with Crippen molar-refractivity contribution >= 4 is 21.6 Å². The van der Waals surface area contributed by atoms with E-state index in [0.717, 1.165) is 12.3 Å². The van der Waals surface area contributed by atoms with Crippen LogP contribution in [-0.4, -0.2) is 9.91 Å². The average molecular weight is 315 g/mol. The van der Waals surface area contributed by atoms with Crippen LogP contribution in [0.25, 0.3) is 11.1 Å². The lowest BCUT2D eigenvalue weighted by Gasteiger charge is -2.06. The smallest absolute Gasteiger partial charge is 0.258 e. The zero-order valence-corrected chi connectivity index (χ0v) is 10.3. The SMILES string of the molecule is O=[N+]([O-])c1c(Br)ncc(F)c1-c1ccccc1F. The quantitative estimate of drug-likeness (QED) is 0.482. The second kappa shape index (κ2) is 4.77. The maximum Gasteiger partial charge on any atom is 0.312 e. The normalized spacial score (nSPS) is 10.4. The third-order valence-electron chi connectivity index (χ3n) is 2.29. The van der Waals surface area contributed by atoms with Crippen LogP contribution in [0.2, 0.25) is 0 Å². The number of benzene rings is 1. The first-order valence-electron chi connectivity index (χ1n) is 4.75. The molecule has 1 heterocycles. The van der Waals surface area contributed by atoms with Crippen molar-refractivity contribution in [2.75, 3.05) is 0 Å². The molecule has 0 N–H and O–H groups in total. The highest BCUT2D eigenvalue weighted by Gasteiger charge is 2.26. The molecular weight excluding hydrogens is 310 g/mol. The van der Waals surface area contributed by atoms with Crippen LogP contribution in [0.5, 0.6) is 0 Å². The Morgan fingerprint density at radius 3 is 2.50 bits per heavy atom. The predicted molar refractivity (Wildman–Crippen MR) is 63.9 cm³/mol. The summed E-state index contributed by atoms with van der Waals surface area (Å²) in [7, 11) is 0. The Balaban J connectivity index is 2.82. The van der Waals surface area contributed by atoms with Gasteiger partial charge in [0, 0.05) is 5.56 Å². The molecule has 0 bridgehead atoms. The van der Waals surface area contributed by atoms with Gasteiger partial charge in [0.05, 0.1) is 11.1 Å². The molecule has 2 aromatic rings. The number of rotatable bonds is 2. The summed E-state index contributed by atoms with van der Waals surface area (Å²) in [5, 5.41) is 10.9. The van der Waals surface area contributed by atoms with E-state index in [1.807, 2.05) is 0 Å². The van der Waals surface area contributed by atoms with Crippen LogP contribution in [-0.2, 0) is 0 Å². The molecule has 0 aliphatic heterocycles. The van der Waals surface area contributed by atoms with Crippen LogP contribution in [0, 0.1) is 21.7 Å². The number of hydrogen-bond donors (Lipinski definition) is 0. The highest BCUT2D eigenvalue weighted by atomic mass is 79.9. The van der Waals surface area contributed by atoms with Crippen molar-refractivity contribution in [3.05, 3.63) is 56.8 Å². The highest BCUT2D eigenvalue weighted by molar-refractivity contribution is 9.10. The Bertz CT molecular complexity index is 634. The van der Waals surface area contributed by atoms with E-state index in [0.29, 0.717) is 0 Å². The molecule has 18 heavy (non-hydrogen) atoms. The number of hydrogen-bond acceptors (Lipinski definition) is 3. The first-order valence-corrected chi connectivity index (χ1v) is 5.55. The summed E-state index contributed by atoms with van der Waals surface area (Å²) in [5.41, 5.74) is -1.19. The monoisotopic (exact) mass is 314 g/mol. The van der Waals surface area contributed by atoms with Gasteiger partial charge < -0.3 is 0 Å². The second-order valence-corrected chi connectivity index (χ2v) is 4.11. The molecule has 1 aromatic heterocycles. The van der Waals surface area contributed by atoms with Gasteiger partial charge in [-0.15, -0.1) is 0 Å². The first kappa shape index (κ1) is 12.6. The minimum Gasteiger partial charge on any atom is -0.258 e. The number of pyridine rings is 1. The van der Waals surface area contributed by atoms with Crippen LogP contribution < -0.4 is 0 Å². The molecule has 0 unspecified atom stereocenters. The summed E-state index contributed by atoms with van der Waals surface area (Å²) in [6.07, 6.45) is 0.804. The molecule has 1 aromatic carbocycles. The summed E-state index contributed by atoms with van der Waals surface area (Å²) in [6, 6.07) is 5.26. The molecule has 0 spiro atoms. The van der Waals surface area contributed by atoms with E-state index in [-0.39, 0.29) is 10.2 Å². The number of nitro groups is 1. The van der Waals surface area contributed by atoms with Gasteiger partial charge in [-0.25, -0.2) is 13.8 Å². The minimum absolute atomic E-state index is 0.146. The molecule has 0 radical (unpaired) electrons. The first-order chi connectivity index (χ1) is 8.52. The molecular formula is C11H5BrF2N2O2. The van der Waals surface area contributed by atoms with E-state index < -0.39 is 27.8 Å². The van der Waals surface area contributed by atoms with Gasteiger partial charge in [-0.2, -0.15) is 0 Å². The van der Waals surface area contributed by atoms with Crippen LogP contribution in [0.15, 0.2) is 35.1 Å². The van der Waals surface area contributed by atoms with Crippen LogP contribution in [0.4, 0.5) is 14.5 Å². The summed E-state index contributed by atoms with van der Waals surface area (Å²) in [5.74, 6) is -1.69. The molecule has 0 saturated carbocycles. The fourth-order valence-electron chi connectivity index (χ4n) is 1.54. The van der Waals surface area contributed by atoms with Gasteiger partial charge in [-0.1, -0.05) is 18.2 Å². The lowest BCUT2D eigenvalue weighted by atomic mass is 10.0. The molecule has 7 heteroatoms. The van der Waals surface area contributed by atoms with Crippen molar-refractivity contribution in [2.45, 2.75) is 0 Å². The fourth-order valence-corrected chi connectivity index (χ4v) is 1.99. The standard InChI is InChI=1S/C11H5BrF2N2O2/c12-11-10(16(17)18)9(8(14)5-15-11)6-3-1-2-4-7(6)13/h1-5H. The van der Waals surface area contributed by atoms with Crippen LogP contribution >= 0.6 is 15.9 Å². The topological polar surface area (TPSA) is 56.0 Å². The average Bonchev–Trinajstić information content (AvgIpc) is 2.32. The van der Waals surface area contributed by atoms with Gasteiger partial charge in [0.1, 0.15) is 11.4 Å². The van der Waals surface area contributed by atoms with Gasteiger partial charge >= 0.3 is 5.69 Å². The molecule has 4 nitrogen and oxygen atoms in total. The van der Waals surface area contributed by atoms with Crippen molar-refractivity contribution in [3.63, 3.8) is 0 Å². The van der Waals surface area contributed by atoms with E-state index >= 15 is 0 Å². The van der Waals surface area contributed by atoms with Crippen molar-refractivity contribution in [1.82, 2.24) is 4.98 Å². The van der Waals surface area contributed by atoms with Gasteiger partial charge in [0.2, 0.25) is 0 Å². The summed E-state index contributed by atoms with van der Waals surface area (Å²) in [4.78, 5) is 13.6. The number of nitrogens with zero attached hydrogens (tertiary/aromatic N) is 2. The van der Waals surface area contributed by atoms with Crippen LogP contribution in [0.3, 0.4) is 0 Å². The van der Waals surface area contributed by atoms with Crippen molar-refractivity contribution in [2.24, 2.45) is 0 Å². The van der Waals surface area contributed by atoms with Crippen molar-refractivity contribution < 1.29 is 13.7 Å². The lowest BCUT2D eigenvalue weighted by molar-refractivity contribution is -0.385. The van der Waals surface area contributed by atoms with E-state index in [1.165, 1.54) is 18.2 Å². The number of aromatic nitrogens is 1. The van der Waals surface area contributed by atoms with E-state index in [2.05, 4.69) is 20.9 Å². The molecule has 0 aliphatic rings. The van der Waals surface area contributed by atoms with E-state index in [9.17, 15) is 18.9 Å².